The number of hydrogen-bond donors (Lipinski definition) is 2. The van der Waals surface area contributed by atoms with Crippen LogP contribution >= 0.6 is 15.9 Å². The number of alkyl halides is 1. The molecule has 48 valence electrons. The molecule has 0 heterocycles. The van der Waals surface area contributed by atoms with E-state index in [-0.39, 0.29) is 12.5 Å². The molecule has 0 radical (unpaired) electrons. The van der Waals surface area contributed by atoms with E-state index in [1.54, 1.807) is 0 Å². The van der Waals surface area contributed by atoms with Crippen molar-refractivity contribution in [3.05, 3.63) is 0 Å². The Bertz CT molecular complexity index is 86.1. The summed E-state index contributed by atoms with van der Waals surface area (Å²) in [5, 5.41) is 8.66. The molecule has 1 unspecified atom stereocenters. The third-order valence-electron chi connectivity index (χ3n) is 0.635. The van der Waals surface area contributed by atoms with Gasteiger partial charge in [0.1, 0.15) is 0 Å². The molecule has 8 heavy (non-hydrogen) atoms. The first kappa shape index (κ1) is 7.91. The van der Waals surface area contributed by atoms with Crippen molar-refractivity contribution in [3.63, 3.8) is 0 Å². The molecular formula is C4H8BrNO2. The lowest BCUT2D eigenvalue weighted by Gasteiger charge is -2.00. The predicted octanol–water partition coefficient (Wildman–Crippen LogP) is 0.183. The average molecular weight is 182 g/mol. The third kappa shape index (κ3) is 4.08. The number of carbonyl (C=O) groups is 1. The Morgan fingerprint density at radius 2 is 2.38 bits per heavy atom. The Morgan fingerprint density at radius 1 is 1.88 bits per heavy atom. The molecule has 0 aliphatic heterocycles. The van der Waals surface area contributed by atoms with Crippen molar-refractivity contribution in [1.82, 2.24) is 0 Å². The highest BCUT2D eigenvalue weighted by molar-refractivity contribution is 9.09. The second-order valence-corrected chi connectivity index (χ2v) is 2.16. The third-order valence-corrected chi connectivity index (χ3v) is 1.47. The highest BCUT2D eigenvalue weighted by atomic mass is 79.9. The van der Waals surface area contributed by atoms with Crippen LogP contribution in [0, 0.1) is 0 Å². The van der Waals surface area contributed by atoms with Crippen LogP contribution in [0.4, 0.5) is 0 Å². The SMILES string of the molecule is NC(CBr)CC(=O)O. The highest BCUT2D eigenvalue weighted by Gasteiger charge is 2.04. The molecule has 0 amide bonds. The molecular weight excluding hydrogens is 174 g/mol. The van der Waals surface area contributed by atoms with Gasteiger partial charge in [-0.2, -0.15) is 0 Å². The van der Waals surface area contributed by atoms with E-state index in [0.717, 1.165) is 0 Å². The minimum atomic E-state index is -0.850. The number of halogens is 1. The van der Waals surface area contributed by atoms with Crippen molar-refractivity contribution in [2.75, 3.05) is 5.33 Å². The Morgan fingerprint density at radius 3 is 2.50 bits per heavy atom. The van der Waals surface area contributed by atoms with Crippen LogP contribution in [0.5, 0.6) is 0 Å². The van der Waals surface area contributed by atoms with Crippen LogP contribution in [-0.4, -0.2) is 22.4 Å². The van der Waals surface area contributed by atoms with Crippen LogP contribution in [0.15, 0.2) is 0 Å². The number of hydrogen-bond acceptors (Lipinski definition) is 2. The molecule has 0 aliphatic carbocycles. The fraction of sp³-hybridized carbons (Fsp3) is 0.750. The van der Waals surface area contributed by atoms with Gasteiger partial charge in [-0.1, -0.05) is 15.9 Å². The van der Waals surface area contributed by atoms with Crippen molar-refractivity contribution in [1.29, 1.82) is 0 Å². The smallest absolute Gasteiger partial charge is 0.304 e. The van der Waals surface area contributed by atoms with Gasteiger partial charge in [0.05, 0.1) is 6.42 Å². The molecule has 0 aliphatic rings. The van der Waals surface area contributed by atoms with E-state index in [1.807, 2.05) is 0 Å². The molecule has 0 saturated heterocycles. The van der Waals surface area contributed by atoms with Gasteiger partial charge >= 0.3 is 5.97 Å². The van der Waals surface area contributed by atoms with E-state index in [2.05, 4.69) is 15.9 Å². The zero-order chi connectivity index (χ0) is 6.57. The van der Waals surface area contributed by atoms with Crippen LogP contribution in [0.1, 0.15) is 6.42 Å². The van der Waals surface area contributed by atoms with Crippen LogP contribution < -0.4 is 5.73 Å². The number of nitrogens with two attached hydrogens (primary N) is 1. The average Bonchev–Trinajstić information content (AvgIpc) is 1.65. The van der Waals surface area contributed by atoms with Crippen LogP contribution in [0.2, 0.25) is 0 Å². The first-order valence-corrected chi connectivity index (χ1v) is 3.32. The van der Waals surface area contributed by atoms with Crippen LogP contribution in [0.25, 0.3) is 0 Å². The number of aliphatic carboxylic acids is 1. The van der Waals surface area contributed by atoms with Crippen molar-refractivity contribution >= 4 is 21.9 Å². The summed E-state index contributed by atoms with van der Waals surface area (Å²) in [6.45, 7) is 0. The molecule has 0 aromatic heterocycles. The molecule has 1 atom stereocenters. The maximum absolute atomic E-state index is 9.87. The molecule has 0 saturated carbocycles. The van der Waals surface area contributed by atoms with Gasteiger partial charge in [-0.15, -0.1) is 0 Å². The molecule has 0 rings (SSSR count). The van der Waals surface area contributed by atoms with Crippen molar-refractivity contribution < 1.29 is 9.90 Å². The van der Waals surface area contributed by atoms with Gasteiger partial charge in [0.25, 0.3) is 0 Å². The van der Waals surface area contributed by atoms with Gasteiger partial charge in [-0.25, -0.2) is 0 Å². The summed E-state index contributed by atoms with van der Waals surface area (Å²) >= 11 is 3.05. The fourth-order valence-electron chi connectivity index (χ4n) is 0.279. The quantitative estimate of drug-likeness (QED) is 0.612. The van der Waals surface area contributed by atoms with Crippen molar-refractivity contribution in [3.8, 4) is 0 Å². The first-order chi connectivity index (χ1) is 3.66. The number of carboxylic acids is 1. The minimum Gasteiger partial charge on any atom is -0.481 e. The first-order valence-electron chi connectivity index (χ1n) is 2.20. The number of rotatable bonds is 3. The summed E-state index contributed by atoms with van der Waals surface area (Å²) in [5.74, 6) is -0.850. The van der Waals surface area contributed by atoms with E-state index in [9.17, 15) is 4.79 Å². The summed E-state index contributed by atoms with van der Waals surface area (Å²) < 4.78 is 0. The summed E-state index contributed by atoms with van der Waals surface area (Å²) in [6, 6.07) is -0.257. The van der Waals surface area contributed by atoms with Crippen molar-refractivity contribution in [2.24, 2.45) is 5.73 Å². The maximum atomic E-state index is 9.87. The van der Waals surface area contributed by atoms with E-state index in [4.69, 9.17) is 10.8 Å². The lowest BCUT2D eigenvalue weighted by Crippen LogP contribution is -2.24. The standard InChI is InChI=1S/C4H8BrNO2/c5-2-3(6)1-4(7)8/h3H,1-2,6H2,(H,7,8). The maximum Gasteiger partial charge on any atom is 0.304 e. The molecule has 0 bridgehead atoms. The molecule has 4 heteroatoms. The second kappa shape index (κ2) is 3.86. The van der Waals surface area contributed by atoms with E-state index >= 15 is 0 Å². The van der Waals surface area contributed by atoms with E-state index < -0.39 is 5.97 Å². The lowest BCUT2D eigenvalue weighted by atomic mass is 10.3. The Kier molecular flexibility index (Phi) is 3.81. The summed E-state index contributed by atoms with van der Waals surface area (Å²) in [5.41, 5.74) is 5.25. The van der Waals surface area contributed by atoms with Crippen LogP contribution in [-0.2, 0) is 4.79 Å². The van der Waals surface area contributed by atoms with Gasteiger partial charge in [-0.05, 0) is 0 Å². The largest absolute Gasteiger partial charge is 0.481 e. The Balaban J connectivity index is 3.24. The van der Waals surface area contributed by atoms with Crippen LogP contribution in [0.3, 0.4) is 0 Å². The molecule has 0 aromatic rings. The Hall–Kier alpha value is -0.0900. The topological polar surface area (TPSA) is 63.3 Å². The van der Waals surface area contributed by atoms with Gasteiger partial charge in [0, 0.05) is 11.4 Å². The minimum absolute atomic E-state index is 0.0330. The van der Waals surface area contributed by atoms with Gasteiger partial charge in [0.2, 0.25) is 0 Å². The Labute approximate surface area is 56.0 Å². The van der Waals surface area contributed by atoms with Gasteiger partial charge < -0.3 is 10.8 Å². The molecule has 0 fully saturated rings. The molecule has 3 nitrogen and oxygen atoms in total. The fourth-order valence-corrected chi connectivity index (χ4v) is 0.508. The monoisotopic (exact) mass is 181 g/mol. The molecule has 3 N–H and O–H groups in total. The van der Waals surface area contributed by atoms with E-state index in [0.29, 0.717) is 5.33 Å². The molecule has 0 aromatic carbocycles. The zero-order valence-corrected chi connectivity index (χ0v) is 5.89. The summed E-state index contributed by atoms with van der Waals surface area (Å²) in [7, 11) is 0. The van der Waals surface area contributed by atoms with Gasteiger partial charge in [-0.3, -0.25) is 4.79 Å². The zero-order valence-electron chi connectivity index (χ0n) is 4.30. The summed E-state index contributed by atoms with van der Waals surface area (Å²) in [6.07, 6.45) is 0.0330. The molecule has 0 spiro atoms. The second-order valence-electron chi connectivity index (χ2n) is 1.51. The number of carboxylic acid groups (broad SMARTS) is 1. The lowest BCUT2D eigenvalue weighted by molar-refractivity contribution is -0.137. The highest BCUT2D eigenvalue weighted by Crippen LogP contribution is 1.91. The normalized spacial score (nSPS) is 13.2. The summed E-state index contributed by atoms with van der Waals surface area (Å²) in [4.78, 5) is 9.87. The van der Waals surface area contributed by atoms with E-state index in [1.165, 1.54) is 0 Å². The van der Waals surface area contributed by atoms with Gasteiger partial charge in [0.15, 0.2) is 0 Å². The predicted molar refractivity (Wildman–Crippen MR) is 34.0 cm³/mol. The van der Waals surface area contributed by atoms with Crippen molar-refractivity contribution in [2.45, 2.75) is 12.5 Å².